The minimum Gasteiger partial charge on any atom is -0.358 e. The zero-order valence-corrected chi connectivity index (χ0v) is 10.9. The lowest BCUT2D eigenvalue weighted by atomic mass is 10.3. The van der Waals surface area contributed by atoms with E-state index in [4.69, 9.17) is 5.26 Å². The molecule has 96 valence electrons. The van der Waals surface area contributed by atoms with Gasteiger partial charge in [-0.3, -0.25) is 0 Å². The van der Waals surface area contributed by atoms with E-state index in [2.05, 4.69) is 15.3 Å². The van der Waals surface area contributed by atoms with Crippen LogP contribution in [0, 0.1) is 35.1 Å². The molecule has 0 unspecified atom stereocenters. The average molecular weight is 375 g/mol. The number of aromatic amines is 1. The van der Waals surface area contributed by atoms with E-state index in [1.165, 1.54) is 6.20 Å². The molecule has 0 aliphatic rings. The summed E-state index contributed by atoms with van der Waals surface area (Å²) in [5.74, 6) is -1.18. The topological polar surface area (TPSA) is 157 Å². The highest BCUT2D eigenvalue weighted by atomic mass is 127. The lowest BCUT2D eigenvalue weighted by molar-refractivity contribution is -0.390. The van der Waals surface area contributed by atoms with Gasteiger partial charge in [0.15, 0.2) is 5.56 Å². The molecule has 1 N–H and O–H groups in total. The number of aromatic nitrogens is 4. The summed E-state index contributed by atoms with van der Waals surface area (Å²) < 4.78 is 1.17. The quantitative estimate of drug-likeness (QED) is 0.474. The summed E-state index contributed by atoms with van der Waals surface area (Å²) in [6, 6.07) is 1.61. The largest absolute Gasteiger partial charge is 0.403 e. The molecule has 2 rings (SSSR count). The zero-order valence-electron chi connectivity index (χ0n) is 8.77. The summed E-state index contributed by atoms with van der Waals surface area (Å²) in [6.45, 7) is 0. The maximum Gasteiger partial charge on any atom is 0.403 e. The number of halogens is 1. The molecule has 0 spiro atoms. The van der Waals surface area contributed by atoms with Crippen molar-refractivity contribution in [1.29, 1.82) is 5.26 Å². The van der Waals surface area contributed by atoms with Gasteiger partial charge in [-0.15, -0.1) is 9.78 Å². The smallest absolute Gasteiger partial charge is 0.358 e. The summed E-state index contributed by atoms with van der Waals surface area (Å²) in [4.78, 5) is 19.8. The second-order valence-corrected chi connectivity index (χ2v) is 4.30. The lowest BCUT2D eigenvalue weighted by Gasteiger charge is -1.89. The van der Waals surface area contributed by atoms with Gasteiger partial charge in [0, 0.05) is 0 Å². The third-order valence-corrected chi connectivity index (χ3v) is 2.83. The molecule has 0 saturated carbocycles. The number of nitriles is 1. The third kappa shape index (κ3) is 2.10. The molecule has 2 heterocycles. The summed E-state index contributed by atoms with van der Waals surface area (Å²) >= 11 is 1.69. The summed E-state index contributed by atoms with van der Waals surface area (Å²) in [6.07, 6.45) is 1.25. The molecule has 0 bridgehead atoms. The molecular weight excluding hydrogens is 373 g/mol. The standard InChI is InChI=1S/C7H2IN7O4/c8-4-2-13(12-7(4)15(18)19)5-3(1-9)6(11-10-5)14(16)17/h2H,(H,10,11). The molecule has 11 nitrogen and oxygen atoms in total. The molecule has 0 amide bonds. The van der Waals surface area contributed by atoms with Crippen LogP contribution in [0.4, 0.5) is 11.6 Å². The average Bonchev–Trinajstić information content (AvgIpc) is 2.91. The first-order chi connectivity index (χ1) is 8.95. The predicted octanol–water partition coefficient (Wildman–Crippen LogP) is 0.888. The Labute approximate surface area is 117 Å². The van der Waals surface area contributed by atoms with Crippen molar-refractivity contribution in [2.45, 2.75) is 0 Å². The number of rotatable bonds is 3. The molecule has 0 saturated heterocycles. The van der Waals surface area contributed by atoms with E-state index in [1.54, 1.807) is 28.7 Å². The van der Waals surface area contributed by atoms with Crippen molar-refractivity contribution < 1.29 is 9.85 Å². The van der Waals surface area contributed by atoms with Crippen molar-refractivity contribution >= 4 is 34.2 Å². The molecule has 0 fully saturated rings. The summed E-state index contributed by atoms with van der Waals surface area (Å²) in [5.41, 5.74) is -0.348. The molecule has 0 aliphatic heterocycles. The van der Waals surface area contributed by atoms with Crippen LogP contribution in [0.5, 0.6) is 0 Å². The Kier molecular flexibility index (Phi) is 3.12. The maximum atomic E-state index is 10.7. The zero-order chi connectivity index (χ0) is 14.2. The Morgan fingerprint density at radius 3 is 2.58 bits per heavy atom. The molecule has 19 heavy (non-hydrogen) atoms. The van der Waals surface area contributed by atoms with Crippen molar-refractivity contribution in [1.82, 2.24) is 20.0 Å². The Bertz CT molecular complexity index is 726. The first-order valence-electron chi connectivity index (χ1n) is 4.48. The van der Waals surface area contributed by atoms with Gasteiger partial charge in [0.1, 0.15) is 9.64 Å². The van der Waals surface area contributed by atoms with E-state index in [-0.39, 0.29) is 15.0 Å². The first-order valence-corrected chi connectivity index (χ1v) is 5.56. The molecule has 0 atom stereocenters. The Morgan fingerprint density at radius 2 is 2.11 bits per heavy atom. The lowest BCUT2D eigenvalue weighted by Crippen LogP contribution is -1.99. The number of nitro groups is 2. The number of hydrogen-bond donors (Lipinski definition) is 1. The van der Waals surface area contributed by atoms with Gasteiger partial charge in [-0.25, -0.2) is 0 Å². The van der Waals surface area contributed by atoms with Gasteiger partial charge in [-0.05, 0) is 32.4 Å². The molecule has 0 aromatic carbocycles. The van der Waals surface area contributed by atoms with E-state index >= 15 is 0 Å². The number of H-pyrrole nitrogens is 1. The van der Waals surface area contributed by atoms with Crippen molar-refractivity contribution in [3.8, 4) is 11.9 Å². The van der Waals surface area contributed by atoms with E-state index in [0.717, 1.165) is 4.68 Å². The highest BCUT2D eigenvalue weighted by Crippen LogP contribution is 2.24. The van der Waals surface area contributed by atoms with E-state index < -0.39 is 21.5 Å². The fraction of sp³-hybridized carbons (Fsp3) is 0. The first kappa shape index (κ1) is 12.9. The second-order valence-electron chi connectivity index (χ2n) is 3.14. The van der Waals surface area contributed by atoms with Gasteiger partial charge in [0.2, 0.25) is 5.82 Å². The Balaban J connectivity index is 2.60. The van der Waals surface area contributed by atoms with Crippen LogP contribution in [0.15, 0.2) is 6.20 Å². The minimum atomic E-state index is -0.808. The van der Waals surface area contributed by atoms with E-state index in [0.29, 0.717) is 0 Å². The molecule has 2 aromatic rings. The van der Waals surface area contributed by atoms with Crippen LogP contribution in [0.25, 0.3) is 5.82 Å². The number of hydrogen-bond acceptors (Lipinski definition) is 7. The van der Waals surface area contributed by atoms with E-state index in [1.807, 2.05) is 0 Å². The van der Waals surface area contributed by atoms with Gasteiger partial charge in [-0.1, -0.05) is 5.10 Å². The van der Waals surface area contributed by atoms with Crippen LogP contribution >= 0.6 is 22.6 Å². The molecule has 0 aliphatic carbocycles. The predicted molar refractivity (Wildman–Crippen MR) is 66.5 cm³/mol. The van der Waals surface area contributed by atoms with Crippen LogP contribution in [-0.4, -0.2) is 29.8 Å². The third-order valence-electron chi connectivity index (χ3n) is 2.06. The van der Waals surface area contributed by atoms with Crippen LogP contribution < -0.4 is 0 Å². The maximum absolute atomic E-state index is 10.7. The fourth-order valence-electron chi connectivity index (χ4n) is 1.30. The highest BCUT2D eigenvalue weighted by molar-refractivity contribution is 14.1. The second kappa shape index (κ2) is 4.61. The molecule has 2 aromatic heterocycles. The fourth-order valence-corrected chi connectivity index (χ4v) is 1.87. The van der Waals surface area contributed by atoms with Crippen LogP contribution in [0.1, 0.15) is 5.56 Å². The Hall–Kier alpha value is -2.56. The van der Waals surface area contributed by atoms with Crippen LogP contribution in [0.2, 0.25) is 0 Å². The van der Waals surface area contributed by atoms with Crippen LogP contribution in [0.3, 0.4) is 0 Å². The highest BCUT2D eigenvalue weighted by Gasteiger charge is 2.28. The van der Waals surface area contributed by atoms with Gasteiger partial charge in [0.05, 0.1) is 11.3 Å². The summed E-state index contributed by atoms with van der Waals surface area (Å²) in [5, 5.41) is 39.5. The van der Waals surface area contributed by atoms with Crippen molar-refractivity contribution in [3.05, 3.63) is 35.6 Å². The number of nitrogens with one attached hydrogen (secondary N) is 1. The van der Waals surface area contributed by atoms with Crippen LogP contribution in [-0.2, 0) is 0 Å². The van der Waals surface area contributed by atoms with Crippen molar-refractivity contribution in [3.63, 3.8) is 0 Å². The summed E-state index contributed by atoms with van der Waals surface area (Å²) in [7, 11) is 0. The Morgan fingerprint density at radius 1 is 1.42 bits per heavy atom. The SMILES string of the molecule is N#Cc1c(-n2cc(I)c([N+](=O)[O-])n2)n[nH]c1[N+](=O)[O-]. The minimum absolute atomic E-state index is 0.166. The van der Waals surface area contributed by atoms with Gasteiger partial charge in [0.25, 0.3) is 0 Å². The molecular formula is C7H2IN7O4. The normalized spacial score (nSPS) is 10.1. The molecule has 0 radical (unpaired) electrons. The number of nitrogens with zero attached hydrogens (tertiary/aromatic N) is 6. The van der Waals surface area contributed by atoms with Crippen molar-refractivity contribution in [2.75, 3.05) is 0 Å². The van der Waals surface area contributed by atoms with Gasteiger partial charge < -0.3 is 20.2 Å². The van der Waals surface area contributed by atoms with Gasteiger partial charge >= 0.3 is 11.6 Å². The van der Waals surface area contributed by atoms with Gasteiger partial charge in [-0.2, -0.15) is 5.26 Å². The monoisotopic (exact) mass is 375 g/mol. The van der Waals surface area contributed by atoms with Crippen molar-refractivity contribution in [2.24, 2.45) is 0 Å². The van der Waals surface area contributed by atoms with E-state index in [9.17, 15) is 20.2 Å². The molecule has 12 heteroatoms.